The van der Waals surface area contributed by atoms with E-state index in [0.717, 1.165) is 17.0 Å². The number of halogens is 3. The summed E-state index contributed by atoms with van der Waals surface area (Å²) in [5.41, 5.74) is -1.11. The Bertz CT molecular complexity index is 984. The summed E-state index contributed by atoms with van der Waals surface area (Å²) >= 11 is 3.38. The summed E-state index contributed by atoms with van der Waals surface area (Å²) in [7, 11) is 0. The first-order valence-electron chi connectivity index (χ1n) is 7.97. The van der Waals surface area contributed by atoms with Crippen LogP contribution in [0.4, 0.5) is 13.6 Å². The monoisotopic (exact) mass is 438 g/mol. The number of hydrogen-bond acceptors (Lipinski definition) is 4. The van der Waals surface area contributed by atoms with Crippen molar-refractivity contribution in [1.82, 2.24) is 10.2 Å². The number of carbonyl (C=O) groups excluding carboxylic acids is 2. The van der Waals surface area contributed by atoms with Crippen LogP contribution in [0.15, 0.2) is 34.8 Å². The summed E-state index contributed by atoms with van der Waals surface area (Å²) in [4.78, 5) is 26.3. The van der Waals surface area contributed by atoms with Crippen molar-refractivity contribution in [3.8, 4) is 11.5 Å². The minimum Gasteiger partial charge on any atom is -0.454 e. The fourth-order valence-electron chi connectivity index (χ4n) is 3.17. The van der Waals surface area contributed by atoms with Crippen LogP contribution >= 0.6 is 15.9 Å². The highest BCUT2D eigenvalue weighted by atomic mass is 79.9. The summed E-state index contributed by atoms with van der Waals surface area (Å²) < 4.78 is 38.6. The molecule has 27 heavy (non-hydrogen) atoms. The molecule has 2 aromatic carbocycles. The second-order valence-electron chi connectivity index (χ2n) is 6.37. The summed E-state index contributed by atoms with van der Waals surface area (Å²) in [5, 5.41) is 2.50. The molecule has 6 nitrogen and oxygen atoms in total. The Morgan fingerprint density at radius 1 is 1.19 bits per heavy atom. The fourth-order valence-corrected chi connectivity index (χ4v) is 3.62. The van der Waals surface area contributed by atoms with Crippen molar-refractivity contribution in [3.63, 3.8) is 0 Å². The number of rotatable bonds is 3. The fraction of sp³-hybridized carbons (Fsp3) is 0.222. The van der Waals surface area contributed by atoms with Gasteiger partial charge in [0.05, 0.1) is 6.54 Å². The second-order valence-corrected chi connectivity index (χ2v) is 7.22. The summed E-state index contributed by atoms with van der Waals surface area (Å²) in [6, 6.07) is 5.56. The molecule has 2 aliphatic rings. The molecule has 0 radical (unpaired) electrons. The van der Waals surface area contributed by atoms with Crippen LogP contribution < -0.4 is 14.8 Å². The number of amides is 3. The topological polar surface area (TPSA) is 67.9 Å². The van der Waals surface area contributed by atoms with Gasteiger partial charge in [0.2, 0.25) is 6.79 Å². The highest BCUT2D eigenvalue weighted by molar-refractivity contribution is 9.10. The molecule has 1 N–H and O–H groups in total. The summed E-state index contributed by atoms with van der Waals surface area (Å²) in [5.74, 6) is -1.24. The van der Waals surface area contributed by atoms with E-state index in [0.29, 0.717) is 27.6 Å². The van der Waals surface area contributed by atoms with E-state index in [1.54, 1.807) is 12.1 Å². The van der Waals surface area contributed by atoms with Crippen LogP contribution in [0.1, 0.15) is 18.1 Å². The molecule has 0 aliphatic carbocycles. The van der Waals surface area contributed by atoms with Crippen LogP contribution in [0.3, 0.4) is 0 Å². The lowest BCUT2D eigenvalue weighted by molar-refractivity contribution is -0.131. The molecule has 2 aromatic rings. The molecule has 1 fully saturated rings. The molecular formula is C18H13BrF2N2O4. The third-order valence-corrected chi connectivity index (χ3v) is 5.35. The molecule has 0 saturated carbocycles. The maximum atomic E-state index is 14.2. The van der Waals surface area contributed by atoms with E-state index in [-0.39, 0.29) is 18.9 Å². The van der Waals surface area contributed by atoms with Crippen molar-refractivity contribution >= 4 is 27.9 Å². The largest absolute Gasteiger partial charge is 0.454 e. The highest BCUT2D eigenvalue weighted by Gasteiger charge is 2.50. The van der Waals surface area contributed by atoms with Crippen molar-refractivity contribution in [3.05, 3.63) is 57.6 Å². The molecule has 4 rings (SSSR count). The molecule has 2 aliphatic heterocycles. The van der Waals surface area contributed by atoms with Gasteiger partial charge < -0.3 is 14.8 Å². The Kier molecular flexibility index (Phi) is 4.06. The third-order valence-electron chi connectivity index (χ3n) is 4.61. The van der Waals surface area contributed by atoms with Crippen molar-refractivity contribution in [2.45, 2.75) is 19.0 Å². The number of nitrogens with zero attached hydrogens (tertiary/aromatic N) is 1. The molecule has 0 aromatic heterocycles. The van der Waals surface area contributed by atoms with Gasteiger partial charge in [-0.3, -0.25) is 9.69 Å². The van der Waals surface area contributed by atoms with Crippen LogP contribution in [0, 0.1) is 11.6 Å². The predicted molar refractivity (Wildman–Crippen MR) is 93.1 cm³/mol. The number of urea groups is 1. The summed E-state index contributed by atoms with van der Waals surface area (Å²) in [6.07, 6.45) is 0. The first kappa shape index (κ1) is 17.7. The Balaban J connectivity index is 1.66. The van der Waals surface area contributed by atoms with E-state index >= 15 is 0 Å². The van der Waals surface area contributed by atoms with Crippen LogP contribution in [0.25, 0.3) is 0 Å². The van der Waals surface area contributed by atoms with Gasteiger partial charge in [0.1, 0.15) is 17.2 Å². The molecule has 1 saturated heterocycles. The van der Waals surface area contributed by atoms with E-state index in [1.165, 1.54) is 6.92 Å². The predicted octanol–water partition coefficient (Wildman–Crippen LogP) is 3.42. The number of imide groups is 1. The lowest BCUT2D eigenvalue weighted by atomic mass is 9.91. The molecule has 2 heterocycles. The van der Waals surface area contributed by atoms with Gasteiger partial charge in [0.25, 0.3) is 5.91 Å². The lowest BCUT2D eigenvalue weighted by Crippen LogP contribution is -2.41. The van der Waals surface area contributed by atoms with Gasteiger partial charge in [-0.15, -0.1) is 0 Å². The molecule has 1 unspecified atom stereocenters. The minimum absolute atomic E-state index is 0.0553. The second kappa shape index (κ2) is 6.19. The standard InChI is InChI=1S/C18H13BrF2N2O4/c1-18(11-3-2-10(20)5-13(11)21)16(24)23(17(25)22-18)7-9-4-14-15(6-12(9)19)27-8-26-14/h2-6H,7-8H2,1H3,(H,22,25). The van der Waals surface area contributed by atoms with E-state index < -0.39 is 29.1 Å². The van der Waals surface area contributed by atoms with E-state index in [4.69, 9.17) is 9.47 Å². The van der Waals surface area contributed by atoms with Gasteiger partial charge in [0.15, 0.2) is 11.5 Å². The lowest BCUT2D eigenvalue weighted by Gasteiger charge is -2.23. The first-order valence-corrected chi connectivity index (χ1v) is 8.76. The Labute approximate surface area is 161 Å². The molecule has 3 amide bonds. The minimum atomic E-state index is -1.63. The molecular weight excluding hydrogens is 426 g/mol. The van der Waals surface area contributed by atoms with Gasteiger partial charge in [-0.25, -0.2) is 13.6 Å². The number of benzene rings is 2. The van der Waals surface area contributed by atoms with Gasteiger partial charge in [0, 0.05) is 16.1 Å². The zero-order chi connectivity index (χ0) is 19.3. The van der Waals surface area contributed by atoms with Crippen LogP contribution in [0.5, 0.6) is 11.5 Å². The number of hydrogen-bond donors (Lipinski definition) is 1. The quantitative estimate of drug-likeness (QED) is 0.745. The van der Waals surface area contributed by atoms with Crippen molar-refractivity contribution < 1.29 is 27.8 Å². The Morgan fingerprint density at radius 2 is 1.89 bits per heavy atom. The molecule has 140 valence electrons. The van der Waals surface area contributed by atoms with E-state index in [9.17, 15) is 18.4 Å². The SMILES string of the molecule is CC1(c2ccc(F)cc2F)NC(=O)N(Cc2cc3c(cc2Br)OCO3)C1=O. The van der Waals surface area contributed by atoms with Crippen LogP contribution in [-0.4, -0.2) is 23.6 Å². The van der Waals surface area contributed by atoms with Crippen molar-refractivity contribution in [1.29, 1.82) is 0 Å². The van der Waals surface area contributed by atoms with Gasteiger partial charge >= 0.3 is 6.03 Å². The van der Waals surface area contributed by atoms with E-state index in [2.05, 4.69) is 21.2 Å². The van der Waals surface area contributed by atoms with E-state index in [1.807, 2.05) is 0 Å². The smallest absolute Gasteiger partial charge is 0.325 e. The molecule has 0 bridgehead atoms. The number of ether oxygens (including phenoxy) is 2. The van der Waals surface area contributed by atoms with Crippen LogP contribution in [-0.2, 0) is 16.9 Å². The highest BCUT2D eigenvalue weighted by Crippen LogP contribution is 2.38. The zero-order valence-electron chi connectivity index (χ0n) is 14.0. The Morgan fingerprint density at radius 3 is 2.59 bits per heavy atom. The number of nitrogens with one attached hydrogen (secondary N) is 1. The molecule has 1 atom stereocenters. The van der Waals surface area contributed by atoms with Gasteiger partial charge in [-0.2, -0.15) is 0 Å². The molecule has 0 spiro atoms. The third kappa shape index (κ3) is 2.82. The van der Waals surface area contributed by atoms with Gasteiger partial charge in [-0.05, 0) is 30.7 Å². The first-order chi connectivity index (χ1) is 12.8. The maximum Gasteiger partial charge on any atom is 0.325 e. The van der Waals surface area contributed by atoms with Crippen LogP contribution in [0.2, 0.25) is 0 Å². The maximum absolute atomic E-state index is 14.2. The normalized spacial score (nSPS) is 21.0. The average Bonchev–Trinajstić information content (AvgIpc) is 3.13. The Hall–Kier alpha value is -2.68. The zero-order valence-corrected chi connectivity index (χ0v) is 15.6. The summed E-state index contributed by atoms with van der Waals surface area (Å²) in [6.45, 7) is 1.43. The van der Waals surface area contributed by atoms with Gasteiger partial charge in [-0.1, -0.05) is 22.0 Å². The molecule has 9 heteroatoms. The average molecular weight is 439 g/mol. The number of fused-ring (bicyclic) bond motifs is 1. The van der Waals surface area contributed by atoms with Crippen molar-refractivity contribution in [2.75, 3.05) is 6.79 Å². The number of carbonyl (C=O) groups is 2. The van der Waals surface area contributed by atoms with Crippen molar-refractivity contribution in [2.24, 2.45) is 0 Å².